The monoisotopic (exact) mass is 552 g/mol. The number of hydrogen-bond donors (Lipinski definition) is 0. The van der Waals surface area contributed by atoms with Crippen LogP contribution in [-0.4, -0.2) is 35.7 Å². The van der Waals surface area contributed by atoms with Crippen molar-refractivity contribution >= 4 is 23.5 Å². The Kier molecular flexibility index (Phi) is 6.79. The van der Waals surface area contributed by atoms with E-state index in [4.69, 9.17) is 13.9 Å². The Balaban J connectivity index is 1.72. The molecule has 0 spiro atoms. The van der Waals surface area contributed by atoms with Crippen LogP contribution in [0.2, 0.25) is 0 Å². The number of furan rings is 1. The van der Waals surface area contributed by atoms with Crippen molar-refractivity contribution in [3.8, 4) is 0 Å². The first kappa shape index (κ1) is 28.8. The molecule has 40 heavy (non-hydrogen) atoms. The van der Waals surface area contributed by atoms with E-state index < -0.39 is 40.3 Å². The highest BCUT2D eigenvalue weighted by molar-refractivity contribution is 6.01. The predicted octanol–water partition coefficient (Wildman–Crippen LogP) is 6.21. The molecule has 0 aromatic carbocycles. The summed E-state index contributed by atoms with van der Waals surface area (Å²) < 4.78 is 17.9. The van der Waals surface area contributed by atoms with Crippen molar-refractivity contribution in [1.29, 1.82) is 0 Å². The third-order valence-electron chi connectivity index (χ3n) is 11.8. The van der Waals surface area contributed by atoms with Crippen LogP contribution in [0.1, 0.15) is 99.0 Å². The minimum atomic E-state index is -0.845. The summed E-state index contributed by atoms with van der Waals surface area (Å²) in [5, 5.41) is 0. The van der Waals surface area contributed by atoms with Crippen LogP contribution in [0.25, 0.3) is 0 Å². The van der Waals surface area contributed by atoms with E-state index in [1.165, 1.54) is 6.92 Å². The molecule has 0 aliphatic heterocycles. The molecule has 4 aliphatic rings. The zero-order valence-electron chi connectivity index (χ0n) is 25.2. The second-order valence-electron chi connectivity index (χ2n) is 14.1. The largest absolute Gasteiger partial charge is 0.472 e. The molecule has 0 saturated heterocycles. The van der Waals surface area contributed by atoms with E-state index in [1.54, 1.807) is 24.7 Å². The van der Waals surface area contributed by atoms with E-state index in [0.29, 0.717) is 32.1 Å². The maximum atomic E-state index is 13.9. The Morgan fingerprint density at radius 3 is 2.27 bits per heavy atom. The van der Waals surface area contributed by atoms with Crippen molar-refractivity contribution in [1.82, 2.24) is 0 Å². The first-order valence-corrected chi connectivity index (χ1v) is 14.8. The van der Waals surface area contributed by atoms with E-state index in [2.05, 4.69) is 13.8 Å². The number of carbonyl (C=O) groups is 4. The zero-order chi connectivity index (χ0) is 29.4. The molecule has 5 rings (SSSR count). The topological polar surface area (TPSA) is 99.9 Å². The molecule has 0 amide bonds. The number of fused-ring (bicyclic) bond motifs is 5. The second kappa shape index (κ2) is 9.42. The van der Waals surface area contributed by atoms with Gasteiger partial charge in [0.1, 0.15) is 18.0 Å². The number of esters is 2. The molecular weight excluding hydrogens is 508 g/mol. The van der Waals surface area contributed by atoms with Gasteiger partial charge in [0.2, 0.25) is 0 Å². The van der Waals surface area contributed by atoms with Crippen LogP contribution in [0, 0.1) is 39.4 Å². The van der Waals surface area contributed by atoms with Crippen LogP contribution in [0.3, 0.4) is 0 Å². The molecule has 3 fully saturated rings. The summed E-state index contributed by atoms with van der Waals surface area (Å²) in [5.74, 6) is -1.43. The average Bonchev–Trinajstić information content (AvgIpc) is 3.50. The molecule has 1 heterocycles. The van der Waals surface area contributed by atoms with Gasteiger partial charge in [-0.3, -0.25) is 19.2 Å². The molecule has 9 atom stereocenters. The van der Waals surface area contributed by atoms with E-state index in [0.717, 1.165) is 11.1 Å². The smallest absolute Gasteiger partial charge is 0.308 e. The Bertz CT molecular complexity index is 1260. The molecule has 0 bridgehead atoms. The lowest BCUT2D eigenvalue weighted by Gasteiger charge is -2.68. The number of hydrogen-bond acceptors (Lipinski definition) is 7. The van der Waals surface area contributed by atoms with Crippen molar-refractivity contribution in [3.63, 3.8) is 0 Å². The fourth-order valence-corrected chi connectivity index (χ4v) is 9.42. The highest BCUT2D eigenvalue weighted by Crippen LogP contribution is 2.73. The molecule has 7 heteroatoms. The Morgan fingerprint density at radius 1 is 1.02 bits per heavy atom. The molecule has 1 aromatic heterocycles. The Labute approximate surface area is 237 Å². The minimum absolute atomic E-state index is 0.0289. The summed E-state index contributed by atoms with van der Waals surface area (Å²) in [6, 6.07) is 1.80. The summed E-state index contributed by atoms with van der Waals surface area (Å²) in [6.07, 6.45) is 6.71. The Morgan fingerprint density at radius 2 is 1.68 bits per heavy atom. The number of allylic oxidation sites excluding steroid dienone is 1. The van der Waals surface area contributed by atoms with Crippen molar-refractivity contribution in [2.75, 3.05) is 0 Å². The SMILES string of the molecule is CC[C@@H](C)C(=O)O[C@@H]1C[C@H]2C(C)(C)C(=O)CC[C@]2(C)[C@H]2C[C@@H](OC(C)=O)[C@]3(C)C(=CC(=O)[C@H]3c3ccoc3)[C@@]21C. The second-order valence-corrected chi connectivity index (χ2v) is 14.1. The fraction of sp³-hybridized carbons (Fsp3) is 0.697. The van der Waals surface area contributed by atoms with Gasteiger partial charge in [-0.1, -0.05) is 48.5 Å². The van der Waals surface area contributed by atoms with E-state index in [9.17, 15) is 19.2 Å². The lowest BCUT2D eigenvalue weighted by Crippen LogP contribution is -2.67. The van der Waals surface area contributed by atoms with Gasteiger partial charge in [0, 0.05) is 35.2 Å². The summed E-state index contributed by atoms with van der Waals surface area (Å²) in [6.45, 7) is 15.7. The number of ketones is 2. The average molecular weight is 553 g/mol. The third kappa shape index (κ3) is 3.82. The Hall–Kier alpha value is -2.70. The van der Waals surface area contributed by atoms with Gasteiger partial charge in [-0.25, -0.2) is 0 Å². The lowest BCUT2D eigenvalue weighted by atomic mass is 9.37. The summed E-state index contributed by atoms with van der Waals surface area (Å²) in [4.78, 5) is 53.0. The number of carbonyl (C=O) groups excluding carboxylic acids is 4. The quantitative estimate of drug-likeness (QED) is 0.400. The van der Waals surface area contributed by atoms with Gasteiger partial charge in [0.05, 0.1) is 24.4 Å². The van der Waals surface area contributed by atoms with Gasteiger partial charge in [-0.05, 0) is 60.6 Å². The highest BCUT2D eigenvalue weighted by atomic mass is 16.6. The normalized spacial score (nSPS) is 40.8. The van der Waals surface area contributed by atoms with Crippen molar-refractivity contribution < 1.29 is 33.1 Å². The number of rotatable bonds is 5. The van der Waals surface area contributed by atoms with Gasteiger partial charge in [0.25, 0.3) is 0 Å². The van der Waals surface area contributed by atoms with Gasteiger partial charge < -0.3 is 13.9 Å². The maximum Gasteiger partial charge on any atom is 0.308 e. The summed E-state index contributed by atoms with van der Waals surface area (Å²) in [7, 11) is 0. The molecule has 3 saturated carbocycles. The molecule has 0 unspecified atom stereocenters. The standard InChI is InChI=1S/C33H44O7/c1-9-18(2)29(37)40-26-15-22-30(4,5)25(36)10-12-31(22,6)23-16-27(39-19(3)34)33(8)24(32(23,26)7)14-21(35)28(33)20-11-13-38-17-20/h11,13-14,17-18,22-23,26-28H,9-10,12,15-16H2,1-8H3/t18-,22+,23-,26-,27-,28-,31+,32-,33+/m1/s1. The van der Waals surface area contributed by atoms with Crippen molar-refractivity contribution in [3.05, 3.63) is 35.8 Å². The van der Waals surface area contributed by atoms with E-state index in [1.807, 2.05) is 34.6 Å². The van der Waals surface area contributed by atoms with Gasteiger partial charge in [-0.2, -0.15) is 0 Å². The van der Waals surface area contributed by atoms with E-state index in [-0.39, 0.29) is 40.7 Å². The van der Waals surface area contributed by atoms with Crippen LogP contribution >= 0.6 is 0 Å². The van der Waals surface area contributed by atoms with Crippen LogP contribution in [-0.2, 0) is 28.7 Å². The van der Waals surface area contributed by atoms with E-state index >= 15 is 0 Å². The molecule has 218 valence electrons. The van der Waals surface area contributed by atoms with Gasteiger partial charge >= 0.3 is 11.9 Å². The first-order chi connectivity index (χ1) is 18.6. The van der Waals surface area contributed by atoms with Crippen molar-refractivity contribution in [2.24, 2.45) is 39.4 Å². The maximum absolute atomic E-state index is 13.9. The highest BCUT2D eigenvalue weighted by Gasteiger charge is 2.72. The van der Waals surface area contributed by atoms with Crippen LogP contribution in [0.5, 0.6) is 0 Å². The third-order valence-corrected chi connectivity index (χ3v) is 11.8. The molecule has 4 aliphatic carbocycles. The molecule has 0 radical (unpaired) electrons. The van der Waals surface area contributed by atoms with Gasteiger partial charge in [0.15, 0.2) is 5.78 Å². The van der Waals surface area contributed by atoms with Crippen LogP contribution < -0.4 is 0 Å². The zero-order valence-corrected chi connectivity index (χ0v) is 25.2. The number of Topliss-reactive ketones (excluding diaryl/α,β-unsaturated/α-hetero) is 1. The minimum Gasteiger partial charge on any atom is -0.472 e. The molecule has 0 N–H and O–H groups in total. The van der Waals surface area contributed by atoms with Crippen molar-refractivity contribution in [2.45, 2.75) is 106 Å². The van der Waals surface area contributed by atoms with Crippen LogP contribution in [0.4, 0.5) is 0 Å². The molecule has 1 aromatic rings. The summed E-state index contributed by atoms with van der Waals surface area (Å²) >= 11 is 0. The summed E-state index contributed by atoms with van der Waals surface area (Å²) in [5.41, 5.74) is -0.785. The predicted molar refractivity (Wildman–Crippen MR) is 148 cm³/mol. The number of ether oxygens (including phenoxy) is 2. The van der Waals surface area contributed by atoms with Gasteiger partial charge in [-0.15, -0.1) is 0 Å². The first-order valence-electron chi connectivity index (χ1n) is 14.8. The fourth-order valence-electron chi connectivity index (χ4n) is 9.42. The lowest BCUT2D eigenvalue weighted by molar-refractivity contribution is -0.220. The molecule has 7 nitrogen and oxygen atoms in total. The molecular formula is C33H44O7. The van der Waals surface area contributed by atoms with Crippen LogP contribution in [0.15, 0.2) is 34.7 Å².